The Hall–Kier alpha value is -1.33. The molecule has 6 heteroatoms. The van der Waals surface area contributed by atoms with E-state index in [1.54, 1.807) is 13.0 Å². The van der Waals surface area contributed by atoms with Crippen LogP contribution in [0.1, 0.15) is 45.4 Å². The van der Waals surface area contributed by atoms with Crippen LogP contribution in [0.4, 0.5) is 10.1 Å². The largest absolute Gasteiger partial charge is 0.491 e. The molecule has 0 radical (unpaired) electrons. The van der Waals surface area contributed by atoms with E-state index in [1.165, 1.54) is 18.6 Å². The number of rotatable bonds is 6. The molecule has 4 nitrogen and oxygen atoms in total. The van der Waals surface area contributed by atoms with Crippen molar-refractivity contribution in [2.45, 2.75) is 45.4 Å². The number of ether oxygens (including phenoxy) is 1. The lowest BCUT2D eigenvalue weighted by molar-refractivity contribution is -0.118. The predicted octanol–water partition coefficient (Wildman–Crippen LogP) is 3.88. The second-order valence-corrected chi connectivity index (χ2v) is 6.07. The molecule has 0 aromatic heterocycles. The number of anilines is 1. The summed E-state index contributed by atoms with van der Waals surface area (Å²) < 4.78 is 18.9. The molecule has 1 aromatic rings. The van der Waals surface area contributed by atoms with Crippen molar-refractivity contribution in [3.63, 3.8) is 0 Å². The summed E-state index contributed by atoms with van der Waals surface area (Å²) in [5.74, 6) is -0.368. The number of hydrogen-bond acceptors (Lipinski definition) is 3. The molecule has 3 N–H and O–H groups in total. The Balaban J connectivity index is 0.00000264. The third-order valence-corrected chi connectivity index (χ3v) is 4.40. The van der Waals surface area contributed by atoms with Gasteiger partial charge in [0.15, 0.2) is 11.6 Å². The molecule has 0 spiro atoms. The molecule has 1 aliphatic carbocycles. The van der Waals surface area contributed by atoms with E-state index < -0.39 is 5.82 Å². The maximum Gasteiger partial charge on any atom is 0.224 e. The van der Waals surface area contributed by atoms with Crippen LogP contribution in [0.5, 0.6) is 5.75 Å². The van der Waals surface area contributed by atoms with Crippen LogP contribution < -0.4 is 15.8 Å². The minimum atomic E-state index is -0.467. The lowest BCUT2D eigenvalue weighted by Crippen LogP contribution is -2.36. The van der Waals surface area contributed by atoms with Gasteiger partial charge in [0.2, 0.25) is 5.91 Å². The van der Waals surface area contributed by atoms with Gasteiger partial charge in [-0.15, -0.1) is 12.4 Å². The first kappa shape index (κ1) is 19.7. The Morgan fingerprint density at radius 3 is 2.61 bits per heavy atom. The van der Waals surface area contributed by atoms with Gasteiger partial charge in [0.25, 0.3) is 0 Å². The van der Waals surface area contributed by atoms with E-state index in [1.807, 2.05) is 0 Å². The van der Waals surface area contributed by atoms with Gasteiger partial charge < -0.3 is 15.8 Å². The van der Waals surface area contributed by atoms with Gasteiger partial charge in [-0.3, -0.25) is 4.79 Å². The number of amides is 1. The number of nitrogens with one attached hydrogen (secondary N) is 1. The average Bonchev–Trinajstić information content (AvgIpc) is 2.51. The number of carbonyl (C=O) groups is 1. The number of carbonyl (C=O) groups excluding carboxylic acids is 1. The molecule has 1 fully saturated rings. The van der Waals surface area contributed by atoms with Gasteiger partial charge in [-0.1, -0.05) is 19.3 Å². The van der Waals surface area contributed by atoms with Crippen LogP contribution in [0.2, 0.25) is 0 Å². The Morgan fingerprint density at radius 2 is 2.04 bits per heavy atom. The van der Waals surface area contributed by atoms with Gasteiger partial charge >= 0.3 is 0 Å². The molecule has 23 heavy (non-hydrogen) atoms. The van der Waals surface area contributed by atoms with Gasteiger partial charge in [0.1, 0.15) is 0 Å². The van der Waals surface area contributed by atoms with Crippen LogP contribution in [0.3, 0.4) is 0 Å². The number of hydrogen-bond donors (Lipinski definition) is 2. The van der Waals surface area contributed by atoms with Crippen molar-refractivity contribution in [1.82, 2.24) is 0 Å². The zero-order chi connectivity index (χ0) is 16.0. The molecule has 1 aliphatic rings. The normalized spacial score (nSPS) is 16.3. The van der Waals surface area contributed by atoms with Crippen LogP contribution in [0.25, 0.3) is 0 Å². The number of nitrogens with two attached hydrogens (primary N) is 1. The van der Waals surface area contributed by atoms with Gasteiger partial charge in [0.05, 0.1) is 6.61 Å². The second-order valence-electron chi connectivity index (χ2n) is 6.07. The van der Waals surface area contributed by atoms with Crippen molar-refractivity contribution in [1.29, 1.82) is 0 Å². The highest BCUT2D eigenvalue weighted by Gasteiger charge is 2.32. The van der Waals surface area contributed by atoms with Crippen LogP contribution in [-0.4, -0.2) is 19.1 Å². The maximum atomic E-state index is 13.8. The number of halogens is 2. The summed E-state index contributed by atoms with van der Waals surface area (Å²) in [6, 6.07) is 4.48. The molecule has 1 saturated carbocycles. The fourth-order valence-electron chi connectivity index (χ4n) is 3.15. The molecule has 0 aliphatic heterocycles. The minimum Gasteiger partial charge on any atom is -0.491 e. The molecule has 0 unspecified atom stereocenters. The SMILES string of the molecule is CCOc1ccc(NC(=O)CC2(CN)CCCCC2)cc1F.Cl. The first-order chi connectivity index (χ1) is 10.6. The van der Waals surface area contributed by atoms with E-state index in [0.717, 1.165) is 25.7 Å². The Kier molecular flexibility index (Phi) is 7.79. The third kappa shape index (κ3) is 5.36. The van der Waals surface area contributed by atoms with Gasteiger partial charge in [-0.25, -0.2) is 4.39 Å². The van der Waals surface area contributed by atoms with Crippen molar-refractivity contribution in [3.8, 4) is 5.75 Å². The fourth-order valence-corrected chi connectivity index (χ4v) is 3.15. The monoisotopic (exact) mass is 344 g/mol. The number of benzene rings is 1. The lowest BCUT2D eigenvalue weighted by atomic mass is 9.71. The van der Waals surface area contributed by atoms with E-state index in [4.69, 9.17) is 10.5 Å². The molecule has 0 saturated heterocycles. The topological polar surface area (TPSA) is 64.3 Å². The van der Waals surface area contributed by atoms with E-state index in [-0.39, 0.29) is 29.5 Å². The molecule has 0 atom stereocenters. The summed E-state index contributed by atoms with van der Waals surface area (Å²) in [4.78, 5) is 12.2. The van der Waals surface area contributed by atoms with Crippen LogP contribution >= 0.6 is 12.4 Å². The highest BCUT2D eigenvalue weighted by Crippen LogP contribution is 2.38. The smallest absolute Gasteiger partial charge is 0.224 e. The van der Waals surface area contributed by atoms with Crippen LogP contribution in [-0.2, 0) is 4.79 Å². The zero-order valence-corrected chi connectivity index (χ0v) is 14.4. The summed E-state index contributed by atoms with van der Waals surface area (Å²) in [7, 11) is 0. The highest BCUT2D eigenvalue weighted by molar-refractivity contribution is 5.91. The molecule has 2 rings (SSSR count). The van der Waals surface area contributed by atoms with Crippen molar-refractivity contribution in [2.75, 3.05) is 18.5 Å². The second kappa shape index (κ2) is 9.08. The maximum absolute atomic E-state index is 13.8. The van der Waals surface area contributed by atoms with Gasteiger partial charge in [-0.05, 0) is 43.9 Å². The standard InChI is InChI=1S/C17H25FN2O2.ClH/c1-2-22-15-7-6-13(10-14(15)18)20-16(21)11-17(12-19)8-4-3-5-9-17;/h6-7,10H,2-5,8-9,11-12,19H2,1H3,(H,20,21);1H. The van der Waals surface area contributed by atoms with E-state index >= 15 is 0 Å². The summed E-state index contributed by atoms with van der Waals surface area (Å²) >= 11 is 0. The van der Waals surface area contributed by atoms with Crippen molar-refractivity contribution >= 4 is 24.0 Å². The molecular weight excluding hydrogens is 319 g/mol. The molecule has 0 bridgehead atoms. The van der Waals surface area contributed by atoms with E-state index in [2.05, 4.69) is 5.32 Å². The van der Waals surface area contributed by atoms with Gasteiger partial charge in [-0.2, -0.15) is 0 Å². The van der Waals surface area contributed by atoms with Crippen molar-refractivity contribution in [2.24, 2.45) is 11.1 Å². The minimum absolute atomic E-state index is 0. The van der Waals surface area contributed by atoms with Crippen molar-refractivity contribution < 1.29 is 13.9 Å². The summed E-state index contributed by atoms with van der Waals surface area (Å²) in [6.45, 7) is 2.73. The predicted molar refractivity (Wildman–Crippen MR) is 92.6 cm³/mol. The summed E-state index contributed by atoms with van der Waals surface area (Å²) in [5, 5.41) is 2.77. The molecule has 1 amide bonds. The molecular formula is C17H26ClFN2O2. The Labute approximate surface area is 143 Å². The third-order valence-electron chi connectivity index (χ3n) is 4.40. The van der Waals surface area contributed by atoms with E-state index in [0.29, 0.717) is 25.3 Å². The van der Waals surface area contributed by atoms with E-state index in [9.17, 15) is 9.18 Å². The van der Waals surface area contributed by atoms with Crippen LogP contribution in [0, 0.1) is 11.2 Å². The quantitative estimate of drug-likeness (QED) is 0.823. The zero-order valence-electron chi connectivity index (χ0n) is 13.6. The summed E-state index contributed by atoms with van der Waals surface area (Å²) in [6.07, 6.45) is 5.86. The molecule has 0 heterocycles. The Bertz CT molecular complexity index is 519. The van der Waals surface area contributed by atoms with Gasteiger partial charge in [0, 0.05) is 18.2 Å². The fraction of sp³-hybridized carbons (Fsp3) is 0.588. The highest BCUT2D eigenvalue weighted by atomic mass is 35.5. The van der Waals surface area contributed by atoms with Crippen molar-refractivity contribution in [3.05, 3.63) is 24.0 Å². The first-order valence-electron chi connectivity index (χ1n) is 8.01. The molecule has 1 aromatic carbocycles. The first-order valence-corrected chi connectivity index (χ1v) is 8.01. The summed E-state index contributed by atoms with van der Waals surface area (Å²) in [5.41, 5.74) is 6.26. The molecule has 130 valence electrons. The lowest BCUT2D eigenvalue weighted by Gasteiger charge is -2.35. The average molecular weight is 345 g/mol. The Morgan fingerprint density at radius 1 is 1.35 bits per heavy atom. The van der Waals surface area contributed by atoms with Crippen LogP contribution in [0.15, 0.2) is 18.2 Å².